The first-order chi connectivity index (χ1) is 7.54. The quantitative estimate of drug-likeness (QED) is 0.679. The predicted octanol–water partition coefficient (Wildman–Crippen LogP) is -0.0768. The first kappa shape index (κ1) is 13.0. The third-order valence-electron chi connectivity index (χ3n) is 2.77. The number of nitrogens with zero attached hydrogens (tertiary/aromatic N) is 2. The lowest BCUT2D eigenvalue weighted by atomic mass is 10.2. The van der Waals surface area contributed by atoms with Crippen LogP contribution < -0.4 is 0 Å². The largest absolute Gasteiger partial charge is 0.391 e. The predicted molar refractivity (Wildman–Crippen MR) is 62.7 cm³/mol. The smallest absolute Gasteiger partial charge is 0.223 e. The maximum absolute atomic E-state index is 11.8. The zero-order chi connectivity index (χ0) is 12.1. The minimum atomic E-state index is -0.389. The zero-order valence-corrected chi connectivity index (χ0v) is 10.0. The van der Waals surface area contributed by atoms with Crippen LogP contribution in [0.4, 0.5) is 0 Å². The molecule has 0 spiro atoms. The normalized spacial score (nSPS) is 24.8. The number of rotatable bonds is 4. The standard InChI is InChI=1S/C12H20N2O2/c1-4-5-6-12(16)14-9-11(15)7-10(14)8-13(2)3/h1,10-11,15H,5-9H2,2-3H3. The number of aliphatic hydroxyl groups excluding tert-OH is 1. The van der Waals surface area contributed by atoms with E-state index in [0.29, 0.717) is 25.8 Å². The highest BCUT2D eigenvalue weighted by molar-refractivity contribution is 5.77. The van der Waals surface area contributed by atoms with Gasteiger partial charge < -0.3 is 14.9 Å². The maximum Gasteiger partial charge on any atom is 0.223 e. The lowest BCUT2D eigenvalue weighted by molar-refractivity contribution is -0.132. The van der Waals surface area contributed by atoms with Gasteiger partial charge in [-0.3, -0.25) is 4.79 Å². The molecule has 1 fully saturated rings. The highest BCUT2D eigenvalue weighted by Gasteiger charge is 2.33. The lowest BCUT2D eigenvalue weighted by Crippen LogP contribution is -2.41. The van der Waals surface area contributed by atoms with Crippen molar-refractivity contribution < 1.29 is 9.90 Å². The van der Waals surface area contributed by atoms with E-state index in [4.69, 9.17) is 6.42 Å². The summed E-state index contributed by atoms with van der Waals surface area (Å²) in [5.41, 5.74) is 0. The van der Waals surface area contributed by atoms with E-state index in [0.717, 1.165) is 6.54 Å². The first-order valence-corrected chi connectivity index (χ1v) is 5.60. The molecule has 0 radical (unpaired) electrons. The third kappa shape index (κ3) is 3.51. The van der Waals surface area contributed by atoms with Crippen molar-refractivity contribution in [2.24, 2.45) is 0 Å². The number of likely N-dealkylation sites (tertiary alicyclic amines) is 1. The molecular formula is C12H20N2O2. The van der Waals surface area contributed by atoms with Crippen LogP contribution in [-0.2, 0) is 4.79 Å². The summed E-state index contributed by atoms with van der Waals surface area (Å²) in [6, 6.07) is 0.121. The summed E-state index contributed by atoms with van der Waals surface area (Å²) in [4.78, 5) is 15.6. The van der Waals surface area contributed by atoms with Gasteiger partial charge in [0, 0.05) is 32.0 Å². The Balaban J connectivity index is 2.55. The second-order valence-electron chi connectivity index (χ2n) is 4.56. The average Bonchev–Trinajstić information content (AvgIpc) is 2.55. The number of terminal acetylenes is 1. The van der Waals surface area contributed by atoms with Crippen molar-refractivity contribution in [2.75, 3.05) is 27.2 Å². The number of amides is 1. The number of hydrogen-bond donors (Lipinski definition) is 1. The summed E-state index contributed by atoms with van der Waals surface area (Å²) in [5.74, 6) is 2.53. The van der Waals surface area contributed by atoms with Gasteiger partial charge in [0.05, 0.1) is 6.10 Å². The van der Waals surface area contributed by atoms with Crippen LogP contribution in [0, 0.1) is 12.3 Å². The Labute approximate surface area is 97.2 Å². The van der Waals surface area contributed by atoms with Crippen LogP contribution in [0.2, 0.25) is 0 Å². The van der Waals surface area contributed by atoms with Gasteiger partial charge in [0.2, 0.25) is 5.91 Å². The zero-order valence-electron chi connectivity index (χ0n) is 10.0. The van der Waals surface area contributed by atoms with E-state index in [1.165, 1.54) is 0 Å². The van der Waals surface area contributed by atoms with E-state index in [1.54, 1.807) is 4.90 Å². The Bertz CT molecular complexity index is 283. The molecule has 16 heavy (non-hydrogen) atoms. The van der Waals surface area contributed by atoms with Crippen LogP contribution in [0.5, 0.6) is 0 Å². The second kappa shape index (κ2) is 5.88. The number of carbonyl (C=O) groups excluding carboxylic acids is 1. The SMILES string of the molecule is C#CCCC(=O)N1CC(O)CC1CN(C)C. The molecule has 1 saturated heterocycles. The Morgan fingerprint density at radius 3 is 2.88 bits per heavy atom. The Morgan fingerprint density at radius 2 is 2.31 bits per heavy atom. The molecule has 0 aliphatic carbocycles. The molecule has 4 heteroatoms. The summed E-state index contributed by atoms with van der Waals surface area (Å²) < 4.78 is 0. The highest BCUT2D eigenvalue weighted by atomic mass is 16.3. The molecular weight excluding hydrogens is 204 g/mol. The van der Waals surface area contributed by atoms with Crippen molar-refractivity contribution in [1.82, 2.24) is 9.80 Å². The minimum Gasteiger partial charge on any atom is -0.391 e. The van der Waals surface area contributed by atoms with E-state index in [2.05, 4.69) is 5.92 Å². The molecule has 1 aliphatic rings. The number of likely N-dealkylation sites (N-methyl/N-ethyl adjacent to an activating group) is 1. The Hall–Kier alpha value is -1.05. The molecule has 2 atom stereocenters. The Morgan fingerprint density at radius 1 is 1.62 bits per heavy atom. The molecule has 1 amide bonds. The van der Waals surface area contributed by atoms with Gasteiger partial charge in [-0.25, -0.2) is 0 Å². The van der Waals surface area contributed by atoms with E-state index < -0.39 is 0 Å². The van der Waals surface area contributed by atoms with Crippen molar-refractivity contribution in [2.45, 2.75) is 31.4 Å². The number of hydrogen-bond acceptors (Lipinski definition) is 3. The first-order valence-electron chi connectivity index (χ1n) is 5.60. The van der Waals surface area contributed by atoms with Crippen LogP contribution in [0.1, 0.15) is 19.3 Å². The highest BCUT2D eigenvalue weighted by Crippen LogP contribution is 2.19. The molecule has 1 N–H and O–H groups in total. The summed E-state index contributed by atoms with van der Waals surface area (Å²) in [6.45, 7) is 1.24. The Kier molecular flexibility index (Phi) is 4.78. The van der Waals surface area contributed by atoms with E-state index in [-0.39, 0.29) is 18.1 Å². The molecule has 0 aromatic rings. The molecule has 0 saturated carbocycles. The summed E-state index contributed by atoms with van der Waals surface area (Å²) in [6.07, 6.45) is 6.27. The van der Waals surface area contributed by atoms with Gasteiger partial charge in [-0.2, -0.15) is 0 Å². The van der Waals surface area contributed by atoms with Gasteiger partial charge in [0.15, 0.2) is 0 Å². The lowest BCUT2D eigenvalue weighted by Gasteiger charge is -2.26. The van der Waals surface area contributed by atoms with Crippen molar-refractivity contribution in [3.63, 3.8) is 0 Å². The van der Waals surface area contributed by atoms with Gasteiger partial charge in [0.25, 0.3) is 0 Å². The van der Waals surface area contributed by atoms with E-state index >= 15 is 0 Å². The summed E-state index contributed by atoms with van der Waals surface area (Å²) in [7, 11) is 3.93. The van der Waals surface area contributed by atoms with Crippen molar-refractivity contribution >= 4 is 5.91 Å². The summed E-state index contributed by atoms with van der Waals surface area (Å²) in [5, 5.41) is 9.60. The fraction of sp³-hybridized carbons (Fsp3) is 0.750. The van der Waals surface area contributed by atoms with Gasteiger partial charge in [0.1, 0.15) is 0 Å². The van der Waals surface area contributed by atoms with Gasteiger partial charge in [-0.15, -0.1) is 12.3 Å². The van der Waals surface area contributed by atoms with Crippen LogP contribution in [0.15, 0.2) is 0 Å². The van der Waals surface area contributed by atoms with Gasteiger partial charge in [-0.1, -0.05) is 0 Å². The van der Waals surface area contributed by atoms with Gasteiger partial charge >= 0.3 is 0 Å². The molecule has 1 aliphatic heterocycles. The molecule has 0 aromatic carbocycles. The molecule has 4 nitrogen and oxygen atoms in total. The van der Waals surface area contributed by atoms with Crippen molar-refractivity contribution in [1.29, 1.82) is 0 Å². The van der Waals surface area contributed by atoms with Crippen LogP contribution >= 0.6 is 0 Å². The van der Waals surface area contributed by atoms with E-state index in [9.17, 15) is 9.90 Å². The van der Waals surface area contributed by atoms with Crippen molar-refractivity contribution in [3.8, 4) is 12.3 Å². The van der Waals surface area contributed by atoms with Crippen LogP contribution in [0.3, 0.4) is 0 Å². The maximum atomic E-state index is 11.8. The number of carbonyl (C=O) groups is 1. The van der Waals surface area contributed by atoms with E-state index in [1.807, 2.05) is 19.0 Å². The van der Waals surface area contributed by atoms with Crippen LogP contribution in [-0.4, -0.2) is 60.1 Å². The summed E-state index contributed by atoms with van der Waals surface area (Å²) >= 11 is 0. The van der Waals surface area contributed by atoms with Crippen LogP contribution in [0.25, 0.3) is 0 Å². The molecule has 0 bridgehead atoms. The number of β-amino-alcohol motifs (C(OH)–C–C–N with tert-alkyl or cyclic N) is 1. The third-order valence-corrected chi connectivity index (χ3v) is 2.77. The fourth-order valence-electron chi connectivity index (χ4n) is 2.11. The fourth-order valence-corrected chi connectivity index (χ4v) is 2.11. The topological polar surface area (TPSA) is 43.8 Å². The molecule has 2 unspecified atom stereocenters. The molecule has 1 heterocycles. The second-order valence-corrected chi connectivity index (χ2v) is 4.56. The van der Waals surface area contributed by atoms with Crippen molar-refractivity contribution in [3.05, 3.63) is 0 Å². The average molecular weight is 224 g/mol. The number of aliphatic hydroxyl groups is 1. The van der Waals surface area contributed by atoms with Gasteiger partial charge in [-0.05, 0) is 20.5 Å². The molecule has 90 valence electrons. The minimum absolute atomic E-state index is 0.0568. The molecule has 0 aromatic heterocycles. The monoisotopic (exact) mass is 224 g/mol. The molecule has 1 rings (SSSR count).